The molecule has 1 aromatic rings. The van der Waals surface area contributed by atoms with Crippen molar-refractivity contribution in [2.24, 2.45) is 0 Å². The highest BCUT2D eigenvalue weighted by Gasteiger charge is 2.06. The zero-order valence-corrected chi connectivity index (χ0v) is 4.36. The van der Waals surface area contributed by atoms with Gasteiger partial charge in [-0.2, -0.15) is 4.68 Å². The number of hydrogen-bond donors (Lipinski definition) is 0. The minimum atomic E-state index is 0.958. The number of nitrogens with zero attached hydrogens (tertiary/aromatic N) is 3. The first-order chi connectivity index (χ1) is 3.97. The lowest BCUT2D eigenvalue weighted by Crippen LogP contribution is -2.35. The zero-order valence-electron chi connectivity index (χ0n) is 4.36. The first kappa shape index (κ1) is 3.83. The Morgan fingerprint density at radius 2 is 2.62 bits per heavy atom. The molecule has 0 radical (unpaired) electrons. The Hall–Kier alpha value is -1.12. The highest BCUT2D eigenvalue weighted by Crippen LogP contribution is 1.87. The molecule has 1 aliphatic heterocycles. The molecule has 1 aromatic heterocycles. The van der Waals surface area contributed by atoms with Gasteiger partial charge in [0.2, 0.25) is 6.33 Å². The van der Waals surface area contributed by atoms with Crippen LogP contribution >= 0.6 is 0 Å². The Morgan fingerprint density at radius 3 is 3.50 bits per heavy atom. The van der Waals surface area contributed by atoms with Gasteiger partial charge in [-0.1, -0.05) is 0 Å². The van der Waals surface area contributed by atoms with Crippen LogP contribution in [0.2, 0.25) is 0 Å². The molecular weight excluding hydrogens is 102 g/mol. The van der Waals surface area contributed by atoms with E-state index < -0.39 is 0 Å². The van der Waals surface area contributed by atoms with E-state index in [-0.39, 0.29) is 0 Å². The van der Waals surface area contributed by atoms with Gasteiger partial charge in [-0.3, -0.25) is 0 Å². The summed E-state index contributed by atoms with van der Waals surface area (Å²) in [7, 11) is 0. The van der Waals surface area contributed by atoms with Crippen LogP contribution < -0.4 is 4.68 Å². The van der Waals surface area contributed by atoms with Gasteiger partial charge in [0.25, 0.3) is 0 Å². The summed E-state index contributed by atoms with van der Waals surface area (Å²) in [5, 5.41) is 0. The lowest BCUT2D eigenvalue weighted by Gasteiger charge is -1.82. The molecule has 0 aromatic carbocycles. The van der Waals surface area contributed by atoms with Crippen LogP contribution in [0.25, 0.3) is 6.20 Å². The van der Waals surface area contributed by atoms with Gasteiger partial charge in [0.05, 0.1) is 6.20 Å². The Kier molecular flexibility index (Phi) is 0.566. The predicted molar refractivity (Wildman–Crippen MR) is 27.8 cm³/mol. The SMILES string of the molecule is C1=Cn2cnc[n+]2C1. The predicted octanol–water partition coefficient (Wildman–Crippen LogP) is -0.345. The van der Waals surface area contributed by atoms with Gasteiger partial charge in [-0.05, 0) is 11.1 Å². The fraction of sp³-hybridized carbons (Fsp3) is 0.200. The fourth-order valence-corrected chi connectivity index (χ4v) is 0.830. The van der Waals surface area contributed by atoms with Gasteiger partial charge in [0.1, 0.15) is 6.54 Å². The highest BCUT2D eigenvalue weighted by atomic mass is 15.4. The van der Waals surface area contributed by atoms with Crippen molar-refractivity contribution in [2.75, 3.05) is 0 Å². The van der Waals surface area contributed by atoms with Crippen molar-refractivity contribution in [3.8, 4) is 0 Å². The molecule has 0 bridgehead atoms. The van der Waals surface area contributed by atoms with Crippen LogP contribution in [-0.4, -0.2) is 9.67 Å². The van der Waals surface area contributed by atoms with Gasteiger partial charge in [0.15, 0.2) is 0 Å². The molecule has 2 heterocycles. The fourth-order valence-electron chi connectivity index (χ4n) is 0.830. The first-order valence-electron chi connectivity index (χ1n) is 2.55. The molecule has 0 unspecified atom stereocenters. The highest BCUT2D eigenvalue weighted by molar-refractivity contribution is 5.17. The average Bonchev–Trinajstić information content (AvgIpc) is 2.15. The second-order valence-corrected chi connectivity index (χ2v) is 1.77. The summed E-state index contributed by atoms with van der Waals surface area (Å²) in [5.41, 5.74) is 0. The van der Waals surface area contributed by atoms with Gasteiger partial charge in [0, 0.05) is 0 Å². The molecule has 3 heteroatoms. The molecule has 0 aliphatic carbocycles. The summed E-state index contributed by atoms with van der Waals surface area (Å²) < 4.78 is 3.96. The monoisotopic (exact) mass is 108 g/mol. The van der Waals surface area contributed by atoms with Crippen LogP contribution in [0.5, 0.6) is 0 Å². The van der Waals surface area contributed by atoms with E-state index in [2.05, 4.69) is 11.1 Å². The molecule has 2 rings (SSSR count). The van der Waals surface area contributed by atoms with Crippen molar-refractivity contribution < 1.29 is 4.68 Å². The summed E-state index contributed by atoms with van der Waals surface area (Å²) in [6, 6.07) is 0. The van der Waals surface area contributed by atoms with Gasteiger partial charge >= 0.3 is 6.33 Å². The Balaban J connectivity index is 2.67. The topological polar surface area (TPSA) is 21.7 Å². The molecule has 0 atom stereocenters. The number of rotatable bonds is 0. The van der Waals surface area contributed by atoms with Crippen molar-refractivity contribution in [2.45, 2.75) is 6.54 Å². The standard InChI is InChI=1S/C5H6N3/c1-2-7-4-6-5-8(7)3-1/h1-2,4-5H,3H2/q+1. The van der Waals surface area contributed by atoms with Crippen LogP contribution in [0.1, 0.15) is 0 Å². The molecule has 8 heavy (non-hydrogen) atoms. The lowest BCUT2D eigenvalue weighted by atomic mass is 10.6. The van der Waals surface area contributed by atoms with E-state index in [0.717, 1.165) is 6.54 Å². The second-order valence-electron chi connectivity index (χ2n) is 1.77. The van der Waals surface area contributed by atoms with Crippen LogP contribution in [0.3, 0.4) is 0 Å². The third kappa shape index (κ3) is 0.332. The third-order valence-corrected chi connectivity index (χ3v) is 1.23. The summed E-state index contributed by atoms with van der Waals surface area (Å²) in [5.74, 6) is 0. The number of hydrogen-bond acceptors (Lipinski definition) is 1. The smallest absolute Gasteiger partial charge is 0.155 e. The van der Waals surface area contributed by atoms with Crippen molar-refractivity contribution in [1.82, 2.24) is 9.67 Å². The summed E-state index contributed by atoms with van der Waals surface area (Å²) >= 11 is 0. The molecule has 0 spiro atoms. The van der Waals surface area contributed by atoms with E-state index >= 15 is 0 Å². The average molecular weight is 108 g/mol. The molecule has 40 valence electrons. The van der Waals surface area contributed by atoms with Crippen LogP contribution in [0.15, 0.2) is 18.7 Å². The number of allylic oxidation sites excluding steroid dienone is 1. The Labute approximate surface area is 46.9 Å². The second kappa shape index (κ2) is 1.18. The molecule has 0 amide bonds. The minimum absolute atomic E-state index is 0.958. The lowest BCUT2D eigenvalue weighted by molar-refractivity contribution is -0.751. The maximum Gasteiger partial charge on any atom is 0.307 e. The van der Waals surface area contributed by atoms with Gasteiger partial charge < -0.3 is 0 Å². The van der Waals surface area contributed by atoms with Crippen LogP contribution in [-0.2, 0) is 6.54 Å². The molecule has 0 saturated carbocycles. The van der Waals surface area contributed by atoms with Gasteiger partial charge in [-0.15, -0.1) is 4.68 Å². The summed E-state index contributed by atoms with van der Waals surface area (Å²) in [6.45, 7) is 0.958. The van der Waals surface area contributed by atoms with Gasteiger partial charge in [-0.25, -0.2) is 0 Å². The maximum absolute atomic E-state index is 3.92. The van der Waals surface area contributed by atoms with E-state index in [1.807, 2.05) is 15.6 Å². The molecule has 3 nitrogen and oxygen atoms in total. The van der Waals surface area contributed by atoms with E-state index in [1.54, 1.807) is 12.7 Å². The summed E-state index contributed by atoms with van der Waals surface area (Å²) in [6.07, 6.45) is 7.66. The molecule has 0 saturated heterocycles. The normalized spacial score (nSPS) is 14.5. The molecule has 1 aliphatic rings. The summed E-state index contributed by atoms with van der Waals surface area (Å²) in [4.78, 5) is 3.92. The number of fused-ring (bicyclic) bond motifs is 1. The minimum Gasteiger partial charge on any atom is -0.155 e. The van der Waals surface area contributed by atoms with Crippen molar-refractivity contribution >= 4 is 6.20 Å². The number of aromatic nitrogens is 3. The van der Waals surface area contributed by atoms with Crippen molar-refractivity contribution in [3.05, 3.63) is 18.7 Å². The van der Waals surface area contributed by atoms with Crippen molar-refractivity contribution in [3.63, 3.8) is 0 Å². The van der Waals surface area contributed by atoms with Crippen molar-refractivity contribution in [1.29, 1.82) is 0 Å². The van der Waals surface area contributed by atoms with Crippen LogP contribution in [0.4, 0.5) is 0 Å². The molecule has 0 fully saturated rings. The van der Waals surface area contributed by atoms with E-state index in [4.69, 9.17) is 0 Å². The first-order valence-corrected chi connectivity index (χ1v) is 2.55. The molecule has 0 N–H and O–H groups in total. The van der Waals surface area contributed by atoms with E-state index in [9.17, 15) is 0 Å². The van der Waals surface area contributed by atoms with E-state index in [0.29, 0.717) is 0 Å². The molecular formula is C5H6N3+. The quantitative estimate of drug-likeness (QED) is 0.416. The van der Waals surface area contributed by atoms with E-state index in [1.165, 1.54) is 0 Å². The Bertz CT molecular complexity index is 223. The largest absolute Gasteiger partial charge is 0.307 e. The van der Waals surface area contributed by atoms with Crippen LogP contribution in [0, 0.1) is 0 Å². The Morgan fingerprint density at radius 1 is 1.62 bits per heavy atom. The zero-order chi connectivity index (χ0) is 5.40. The maximum atomic E-state index is 3.92. The third-order valence-electron chi connectivity index (χ3n) is 1.23.